The van der Waals surface area contributed by atoms with Crippen molar-refractivity contribution in [2.75, 3.05) is 45.9 Å². The summed E-state index contributed by atoms with van der Waals surface area (Å²) in [6.07, 6.45) is 2.05. The summed E-state index contributed by atoms with van der Waals surface area (Å²) in [7, 11) is 0. The average molecular weight is 467 g/mol. The molecule has 1 fully saturated rings. The van der Waals surface area contributed by atoms with Crippen molar-refractivity contribution in [3.05, 3.63) is 51.2 Å². The van der Waals surface area contributed by atoms with E-state index in [1.807, 2.05) is 25.1 Å². The normalized spacial score (nSPS) is 15.1. The SMILES string of the molecule is CCCc1[nH]nc2c(=O)[nH]c(Cc3cc(C(=O)CN4CCN(CC)CC4)ccc3OCC)nc12. The lowest BCUT2D eigenvalue weighted by Crippen LogP contribution is -2.47. The van der Waals surface area contributed by atoms with Gasteiger partial charge in [-0.3, -0.25) is 19.6 Å². The van der Waals surface area contributed by atoms with E-state index in [9.17, 15) is 9.59 Å². The van der Waals surface area contributed by atoms with Gasteiger partial charge in [0, 0.05) is 43.7 Å². The standard InChI is InChI=1S/C25H34N6O3/c1-4-7-19-23-24(29-28-19)25(33)27-22(26-23)15-18-14-17(8-9-21(18)34-6-3)20(32)16-31-12-10-30(5-2)11-13-31/h8-9,14H,4-7,10-13,15-16H2,1-3H3,(H,28,29)(H,26,27,33). The molecule has 3 aromatic rings. The van der Waals surface area contributed by atoms with E-state index < -0.39 is 0 Å². The molecule has 2 aromatic heterocycles. The second kappa shape index (κ2) is 10.9. The Kier molecular flexibility index (Phi) is 7.74. The van der Waals surface area contributed by atoms with Crippen LogP contribution in [0.2, 0.25) is 0 Å². The number of aryl methyl sites for hydroxylation is 1. The van der Waals surface area contributed by atoms with Crippen molar-refractivity contribution in [3.8, 4) is 5.75 Å². The molecule has 182 valence electrons. The Morgan fingerprint density at radius 3 is 2.56 bits per heavy atom. The third-order valence-electron chi connectivity index (χ3n) is 6.35. The Labute approximate surface area is 199 Å². The molecule has 0 radical (unpaired) electrons. The highest BCUT2D eigenvalue weighted by atomic mass is 16.5. The number of carbonyl (C=O) groups is 1. The van der Waals surface area contributed by atoms with Gasteiger partial charge < -0.3 is 14.6 Å². The number of aromatic amines is 2. The van der Waals surface area contributed by atoms with E-state index in [4.69, 9.17) is 9.72 Å². The van der Waals surface area contributed by atoms with Crippen LogP contribution >= 0.6 is 0 Å². The molecule has 1 saturated heterocycles. The number of fused-ring (bicyclic) bond motifs is 1. The van der Waals surface area contributed by atoms with E-state index >= 15 is 0 Å². The van der Waals surface area contributed by atoms with Crippen LogP contribution in [0, 0.1) is 0 Å². The predicted octanol–water partition coefficient (Wildman–Crippen LogP) is 2.41. The van der Waals surface area contributed by atoms with Gasteiger partial charge in [-0.05, 0) is 38.1 Å². The van der Waals surface area contributed by atoms with Crippen LogP contribution in [0.4, 0.5) is 0 Å². The molecule has 1 aliphatic rings. The topological polar surface area (TPSA) is 107 Å². The van der Waals surface area contributed by atoms with Gasteiger partial charge >= 0.3 is 0 Å². The van der Waals surface area contributed by atoms with Gasteiger partial charge in [-0.25, -0.2) is 4.98 Å². The van der Waals surface area contributed by atoms with Crippen LogP contribution in [-0.2, 0) is 12.8 Å². The van der Waals surface area contributed by atoms with Crippen LogP contribution in [0.1, 0.15) is 54.6 Å². The molecule has 9 heteroatoms. The number of aromatic nitrogens is 4. The second-order valence-electron chi connectivity index (χ2n) is 8.73. The van der Waals surface area contributed by atoms with Gasteiger partial charge in [0.05, 0.1) is 18.8 Å². The average Bonchev–Trinajstić information content (AvgIpc) is 3.24. The van der Waals surface area contributed by atoms with Crippen LogP contribution in [-0.4, -0.2) is 81.6 Å². The first kappa shape index (κ1) is 24.1. The smallest absolute Gasteiger partial charge is 0.279 e. The molecule has 9 nitrogen and oxygen atoms in total. The van der Waals surface area contributed by atoms with Crippen molar-refractivity contribution in [2.45, 2.75) is 40.0 Å². The largest absolute Gasteiger partial charge is 0.494 e. The van der Waals surface area contributed by atoms with E-state index in [1.54, 1.807) is 0 Å². The number of benzene rings is 1. The van der Waals surface area contributed by atoms with Gasteiger partial charge in [0.2, 0.25) is 0 Å². The number of carbonyl (C=O) groups excluding carboxylic acids is 1. The van der Waals surface area contributed by atoms with Gasteiger partial charge in [-0.1, -0.05) is 20.3 Å². The van der Waals surface area contributed by atoms with E-state index in [0.29, 0.717) is 47.7 Å². The zero-order valence-corrected chi connectivity index (χ0v) is 20.3. The number of nitrogens with zero attached hydrogens (tertiary/aromatic N) is 4. The fraction of sp³-hybridized carbons (Fsp3) is 0.520. The number of Topliss-reactive ketones (excluding diaryl/α,β-unsaturated/α-hetero) is 1. The molecule has 0 bridgehead atoms. The van der Waals surface area contributed by atoms with E-state index in [1.165, 1.54) is 0 Å². The number of likely N-dealkylation sites (N-methyl/N-ethyl adjacent to an activating group) is 1. The number of nitrogens with one attached hydrogen (secondary N) is 2. The predicted molar refractivity (Wildman–Crippen MR) is 132 cm³/mol. The van der Waals surface area contributed by atoms with Crippen LogP contribution in [0.3, 0.4) is 0 Å². The van der Waals surface area contributed by atoms with Gasteiger partial charge in [0.1, 0.15) is 17.1 Å². The fourth-order valence-electron chi connectivity index (χ4n) is 4.44. The summed E-state index contributed by atoms with van der Waals surface area (Å²) in [5.74, 6) is 1.31. The van der Waals surface area contributed by atoms with E-state index in [2.05, 4.69) is 38.8 Å². The van der Waals surface area contributed by atoms with Crippen molar-refractivity contribution in [1.29, 1.82) is 0 Å². The summed E-state index contributed by atoms with van der Waals surface area (Å²) in [6, 6.07) is 5.55. The second-order valence-corrected chi connectivity index (χ2v) is 8.73. The zero-order valence-electron chi connectivity index (χ0n) is 20.3. The van der Waals surface area contributed by atoms with Crippen molar-refractivity contribution >= 4 is 16.8 Å². The maximum Gasteiger partial charge on any atom is 0.279 e. The molecule has 0 saturated carbocycles. The minimum atomic E-state index is -0.269. The molecule has 2 N–H and O–H groups in total. The summed E-state index contributed by atoms with van der Waals surface area (Å²) in [5.41, 5.74) is 3.00. The number of ketones is 1. The van der Waals surface area contributed by atoms with Crippen molar-refractivity contribution in [2.24, 2.45) is 0 Å². The first-order valence-electron chi connectivity index (χ1n) is 12.2. The number of hydrogen-bond acceptors (Lipinski definition) is 7. The molecule has 0 unspecified atom stereocenters. The summed E-state index contributed by atoms with van der Waals surface area (Å²) in [5, 5.41) is 7.06. The highest BCUT2D eigenvalue weighted by Crippen LogP contribution is 2.24. The Morgan fingerprint density at radius 1 is 1.09 bits per heavy atom. The fourth-order valence-corrected chi connectivity index (χ4v) is 4.44. The molecule has 0 spiro atoms. The van der Waals surface area contributed by atoms with Crippen molar-refractivity contribution in [1.82, 2.24) is 30.0 Å². The highest BCUT2D eigenvalue weighted by Gasteiger charge is 2.20. The van der Waals surface area contributed by atoms with Gasteiger partial charge in [-0.15, -0.1) is 0 Å². The minimum Gasteiger partial charge on any atom is -0.494 e. The number of piperazine rings is 1. The summed E-state index contributed by atoms with van der Waals surface area (Å²) >= 11 is 0. The lowest BCUT2D eigenvalue weighted by atomic mass is 10.0. The number of rotatable bonds is 10. The number of hydrogen-bond donors (Lipinski definition) is 2. The molecule has 1 aromatic carbocycles. The molecule has 34 heavy (non-hydrogen) atoms. The van der Waals surface area contributed by atoms with Crippen molar-refractivity contribution in [3.63, 3.8) is 0 Å². The third kappa shape index (κ3) is 5.37. The Hall–Kier alpha value is -3.04. The van der Waals surface area contributed by atoms with Crippen LogP contribution in [0.15, 0.2) is 23.0 Å². The molecule has 0 atom stereocenters. The van der Waals surface area contributed by atoms with E-state index in [-0.39, 0.29) is 11.3 Å². The summed E-state index contributed by atoms with van der Waals surface area (Å²) < 4.78 is 5.82. The highest BCUT2D eigenvalue weighted by molar-refractivity contribution is 5.98. The molecular weight excluding hydrogens is 432 g/mol. The maximum absolute atomic E-state index is 13.1. The van der Waals surface area contributed by atoms with Crippen molar-refractivity contribution < 1.29 is 9.53 Å². The lowest BCUT2D eigenvalue weighted by molar-refractivity contribution is 0.0859. The summed E-state index contributed by atoms with van der Waals surface area (Å²) in [4.78, 5) is 37.8. The first-order valence-corrected chi connectivity index (χ1v) is 12.2. The molecular formula is C25H34N6O3. The monoisotopic (exact) mass is 466 g/mol. The van der Waals surface area contributed by atoms with Crippen LogP contribution in [0.5, 0.6) is 5.75 Å². The third-order valence-corrected chi connectivity index (χ3v) is 6.35. The number of H-pyrrole nitrogens is 2. The molecule has 3 heterocycles. The quantitative estimate of drug-likeness (QED) is 0.442. The molecule has 0 amide bonds. The maximum atomic E-state index is 13.1. The molecule has 1 aliphatic heterocycles. The molecule has 4 rings (SSSR count). The van der Waals surface area contributed by atoms with Crippen LogP contribution in [0.25, 0.3) is 11.0 Å². The lowest BCUT2D eigenvalue weighted by Gasteiger charge is -2.33. The number of ether oxygens (including phenoxy) is 1. The Bertz CT molecular complexity index is 1190. The Morgan fingerprint density at radius 2 is 1.85 bits per heavy atom. The zero-order chi connectivity index (χ0) is 24.1. The first-order chi connectivity index (χ1) is 16.5. The van der Waals surface area contributed by atoms with Gasteiger partial charge in [0.15, 0.2) is 11.3 Å². The molecule has 0 aliphatic carbocycles. The minimum absolute atomic E-state index is 0.0891. The van der Waals surface area contributed by atoms with Gasteiger partial charge in [-0.2, -0.15) is 5.10 Å². The Balaban J connectivity index is 1.57. The summed E-state index contributed by atoms with van der Waals surface area (Å²) in [6.45, 7) is 11.9. The van der Waals surface area contributed by atoms with Gasteiger partial charge in [0.25, 0.3) is 5.56 Å². The van der Waals surface area contributed by atoms with E-state index in [0.717, 1.165) is 56.8 Å². The van der Waals surface area contributed by atoms with Crippen LogP contribution < -0.4 is 10.3 Å².